The van der Waals surface area contributed by atoms with Crippen LogP contribution in [0, 0.1) is 62.6 Å². The number of anilines is 3. The van der Waals surface area contributed by atoms with Crippen LogP contribution in [0.15, 0.2) is 84.9 Å². The molecule has 0 unspecified atom stereocenters. The van der Waals surface area contributed by atoms with Crippen LogP contribution < -0.4 is 40.6 Å². The molecule has 3 N–H and O–H groups in total. The average Bonchev–Trinajstić information content (AvgIpc) is 3.58. The molecular weight excluding hydrogens is 614 g/mol. The van der Waals surface area contributed by atoms with Crippen LogP contribution in [0.5, 0.6) is 0 Å². The molecule has 5 rings (SSSR count). The molecule has 0 spiro atoms. The van der Waals surface area contributed by atoms with Crippen LogP contribution in [0.1, 0.15) is 51.4 Å². The largest absolute Gasteiger partial charge is 1.00 e. The second kappa shape index (κ2) is 23.5. The molecule has 1 heterocycles. The fourth-order valence-corrected chi connectivity index (χ4v) is 3.78. The van der Waals surface area contributed by atoms with Crippen LogP contribution >= 0.6 is 0 Å². The number of benzene rings is 4. The van der Waals surface area contributed by atoms with Crippen LogP contribution in [0.4, 0.5) is 32.8 Å². The van der Waals surface area contributed by atoms with Crippen molar-refractivity contribution in [2.75, 3.05) is 24.3 Å². The van der Waals surface area contributed by atoms with E-state index in [0.717, 1.165) is 36.2 Å². The number of nitro benzene ring substituents is 2. The number of hydrogen-bond donors (Lipinski definition) is 2. The molecule has 13 heteroatoms. The molecule has 0 radical (unpaired) electrons. The topological polar surface area (TPSA) is 181 Å². The van der Waals surface area contributed by atoms with Crippen molar-refractivity contribution >= 4 is 28.4 Å². The van der Waals surface area contributed by atoms with E-state index >= 15 is 0 Å². The second-order valence-electron chi connectivity index (χ2n) is 9.30. The first-order valence-corrected chi connectivity index (χ1v) is 13.3. The monoisotopic (exact) mass is 654 g/mol. The van der Waals surface area contributed by atoms with Gasteiger partial charge in [0.1, 0.15) is 29.0 Å². The van der Waals surface area contributed by atoms with E-state index in [2.05, 4.69) is 5.32 Å². The number of hydrogen-bond acceptors (Lipinski definition) is 9. The maximum Gasteiger partial charge on any atom is 1.00 e. The molecule has 1 fully saturated rings. The zero-order valence-electron chi connectivity index (χ0n) is 26.2. The predicted molar refractivity (Wildman–Crippen MR) is 180 cm³/mol. The van der Waals surface area contributed by atoms with Gasteiger partial charge in [0, 0.05) is 24.6 Å². The number of nitrogens with two attached hydrogens (primary N) is 1. The minimum Gasteiger partial charge on any atom is -1.00 e. The molecule has 0 bridgehead atoms. The number of ether oxygens (including phenoxy) is 1. The summed E-state index contributed by atoms with van der Waals surface area (Å²) in [5.41, 5.74) is 8.43. The fourth-order valence-electron chi connectivity index (χ4n) is 3.78. The van der Waals surface area contributed by atoms with Gasteiger partial charge in [0.25, 0.3) is 0 Å². The van der Waals surface area contributed by atoms with Crippen LogP contribution in [-0.4, -0.2) is 23.1 Å². The van der Waals surface area contributed by atoms with Gasteiger partial charge in [0.15, 0.2) is 0 Å². The minimum absolute atomic E-state index is 0. The van der Waals surface area contributed by atoms with Crippen molar-refractivity contribution in [3.05, 3.63) is 133 Å². The van der Waals surface area contributed by atoms with Gasteiger partial charge in [-0.3, -0.25) is 20.2 Å². The van der Waals surface area contributed by atoms with E-state index in [-0.39, 0.29) is 62.7 Å². The molecule has 0 atom stereocenters. The first-order chi connectivity index (χ1) is 21.1. The van der Waals surface area contributed by atoms with Crippen molar-refractivity contribution in [1.29, 1.82) is 10.5 Å². The summed E-state index contributed by atoms with van der Waals surface area (Å²) in [6.07, 6.45) is 2.56. The zero-order chi connectivity index (χ0) is 32.5. The van der Waals surface area contributed by atoms with Gasteiger partial charge < -0.3 is 17.2 Å². The van der Waals surface area contributed by atoms with Crippen molar-refractivity contribution in [3.63, 3.8) is 0 Å². The summed E-state index contributed by atoms with van der Waals surface area (Å²) in [6.45, 7) is 5.96. The van der Waals surface area contributed by atoms with Crippen LogP contribution in [0.3, 0.4) is 0 Å². The Balaban J connectivity index is -0.000000603. The molecular formula is C34H40FN6NaO5. The molecule has 0 amide bonds. The first-order valence-electron chi connectivity index (χ1n) is 13.3. The Kier molecular flexibility index (Phi) is 22.1. The zero-order valence-corrected chi connectivity index (χ0v) is 27.2. The Bertz CT molecular complexity index is 1650. The molecule has 1 aliphatic heterocycles. The maximum absolute atomic E-state index is 12.7. The van der Waals surface area contributed by atoms with E-state index in [1.54, 1.807) is 12.1 Å². The number of para-hydroxylation sites is 2. The van der Waals surface area contributed by atoms with Gasteiger partial charge in [-0.2, -0.15) is 14.9 Å². The van der Waals surface area contributed by atoms with E-state index in [9.17, 15) is 24.6 Å². The fraction of sp³-hybridized carbons (Fsp3) is 0.235. The summed E-state index contributed by atoms with van der Waals surface area (Å²) in [5.74, 6) is -0.987. The molecule has 4 aromatic carbocycles. The molecule has 47 heavy (non-hydrogen) atoms. The molecule has 0 aliphatic carbocycles. The van der Waals surface area contributed by atoms with Gasteiger partial charge in [-0.15, -0.1) is 0 Å². The number of aryl methyl sites for hydroxylation is 2. The number of nitrogen functional groups attached to an aromatic ring is 1. The van der Waals surface area contributed by atoms with E-state index in [4.69, 9.17) is 21.0 Å². The van der Waals surface area contributed by atoms with Crippen molar-refractivity contribution in [3.8, 4) is 12.1 Å². The molecule has 0 aromatic heterocycles. The summed E-state index contributed by atoms with van der Waals surface area (Å²) in [7, 11) is 0. The molecule has 4 aromatic rings. The van der Waals surface area contributed by atoms with Crippen LogP contribution in [0.25, 0.3) is 0 Å². The third-order valence-electron chi connectivity index (χ3n) is 5.80. The van der Waals surface area contributed by atoms with E-state index in [0.29, 0.717) is 5.69 Å². The van der Waals surface area contributed by atoms with Crippen LogP contribution in [-0.2, 0) is 4.74 Å². The Morgan fingerprint density at radius 2 is 1.30 bits per heavy atom. The quantitative estimate of drug-likeness (QED) is 0.117. The predicted octanol–water partition coefficient (Wildman–Crippen LogP) is 5.89. The number of nitrogens with one attached hydrogen (secondary N) is 1. The van der Waals surface area contributed by atoms with Gasteiger partial charge in [-0.1, -0.05) is 51.3 Å². The Morgan fingerprint density at radius 3 is 1.70 bits per heavy atom. The maximum atomic E-state index is 12.7. The smallest absolute Gasteiger partial charge is 1.00 e. The summed E-state index contributed by atoms with van der Waals surface area (Å²) >= 11 is 0. The number of nitrogens with zero attached hydrogens (tertiary/aromatic N) is 4. The van der Waals surface area contributed by atoms with Gasteiger partial charge in [-0.25, -0.2) is 0 Å². The Morgan fingerprint density at radius 1 is 0.809 bits per heavy atom. The van der Waals surface area contributed by atoms with Gasteiger partial charge in [-0.05, 0) is 86.3 Å². The van der Waals surface area contributed by atoms with Crippen LogP contribution in [0.2, 0.25) is 0 Å². The van der Waals surface area contributed by atoms with Crippen molar-refractivity contribution < 1.29 is 50.0 Å². The second-order valence-corrected chi connectivity index (χ2v) is 9.30. The molecule has 1 saturated heterocycles. The summed E-state index contributed by atoms with van der Waals surface area (Å²) in [5, 5.41) is 41.6. The first kappa shape index (κ1) is 44.3. The number of nitro groups is 2. The number of halogens is 1. The van der Waals surface area contributed by atoms with E-state index in [1.165, 1.54) is 42.7 Å². The Hall–Kier alpha value is -4.85. The molecule has 11 nitrogen and oxygen atoms in total. The third-order valence-corrected chi connectivity index (χ3v) is 5.80. The van der Waals surface area contributed by atoms with Crippen molar-refractivity contribution in [2.45, 2.75) is 41.5 Å². The molecule has 1 aliphatic rings. The molecule has 244 valence electrons. The molecule has 0 saturated carbocycles. The van der Waals surface area contributed by atoms with Crippen molar-refractivity contribution in [2.24, 2.45) is 0 Å². The number of rotatable bonds is 4. The Labute approximate surface area is 298 Å². The summed E-state index contributed by atoms with van der Waals surface area (Å²) in [4.78, 5) is 19.8. The normalized spacial score (nSPS) is 10.3. The standard InChI is InChI=1S/C14H11N3O2.C7H3FN2O2.C7H9N.C4H8O.2CH4.Na.H/c1-10-4-2-6-12(8-10)16-13-7-3-5-11(9-15)14(13)17(18)19;8-6-3-1-2-5(4-9)7(6)10(11)12;1-6-3-2-4-7(8)5-6;1-2-4-5-3-1;;;;/h2-8,16H,1H3;1-3H;2-5H,8H2,1H3;1-4H2;2*1H4;;/q;;;;;;+1;-1. The van der Waals surface area contributed by atoms with E-state index in [1.807, 2.05) is 68.4 Å². The minimum atomic E-state index is -0.987. The van der Waals surface area contributed by atoms with Gasteiger partial charge in [0.2, 0.25) is 5.82 Å². The average molecular weight is 655 g/mol. The third kappa shape index (κ3) is 15.3. The summed E-state index contributed by atoms with van der Waals surface area (Å²) in [6, 6.07) is 26.7. The van der Waals surface area contributed by atoms with Gasteiger partial charge in [0.05, 0.1) is 9.85 Å². The van der Waals surface area contributed by atoms with E-state index < -0.39 is 21.4 Å². The summed E-state index contributed by atoms with van der Waals surface area (Å²) < 4.78 is 17.6. The van der Waals surface area contributed by atoms with Crippen molar-refractivity contribution in [1.82, 2.24) is 0 Å². The number of nitriles is 2. The van der Waals surface area contributed by atoms with Gasteiger partial charge >= 0.3 is 40.9 Å². The SMILES string of the molecule is C.C.C1CCOC1.Cc1cccc(N)c1.Cc1cccc(Nc2cccc(C#N)c2[N+](=O)[O-])c1.N#Cc1cccc(F)c1[N+](=O)[O-].[H-].[Na+].